The fraction of sp³-hybridized carbons (Fsp3) is 1.00. The molecule has 0 aromatic carbocycles. The van der Waals surface area contributed by atoms with Crippen LogP contribution >= 0.6 is 0 Å². The predicted octanol–water partition coefficient (Wildman–Crippen LogP) is 3.91. The summed E-state index contributed by atoms with van der Waals surface area (Å²) >= 11 is 0. The molecule has 0 aromatic heterocycles. The summed E-state index contributed by atoms with van der Waals surface area (Å²) in [6, 6.07) is 1.52. The first-order valence-electron chi connectivity index (χ1n) is 9.13. The minimum atomic E-state index is 0.731. The van der Waals surface area contributed by atoms with Crippen molar-refractivity contribution < 1.29 is 0 Å². The van der Waals surface area contributed by atoms with Crippen molar-refractivity contribution >= 4 is 0 Å². The van der Waals surface area contributed by atoms with Crippen LogP contribution in [0.15, 0.2) is 0 Å². The van der Waals surface area contributed by atoms with Gasteiger partial charge in [0.2, 0.25) is 0 Å². The molecule has 118 valence electrons. The number of hydrogen-bond donors (Lipinski definition) is 1. The van der Waals surface area contributed by atoms with E-state index in [0.29, 0.717) is 0 Å². The van der Waals surface area contributed by atoms with Crippen LogP contribution in [-0.2, 0) is 0 Å². The number of hydrogen-bond acceptors (Lipinski definition) is 2. The zero-order valence-corrected chi connectivity index (χ0v) is 14.2. The second-order valence-corrected chi connectivity index (χ2v) is 7.54. The number of likely N-dealkylation sites (tertiary alicyclic amines) is 1. The van der Waals surface area contributed by atoms with Crippen LogP contribution < -0.4 is 5.32 Å². The van der Waals surface area contributed by atoms with Gasteiger partial charge in [-0.15, -0.1) is 0 Å². The maximum atomic E-state index is 3.86. The number of rotatable bonds is 6. The molecule has 0 spiro atoms. The molecule has 1 aliphatic carbocycles. The van der Waals surface area contributed by atoms with Gasteiger partial charge in [-0.3, -0.25) is 4.90 Å². The molecule has 5 unspecified atom stereocenters. The molecule has 2 rings (SSSR count). The first-order valence-corrected chi connectivity index (χ1v) is 9.13. The van der Waals surface area contributed by atoms with Crippen LogP contribution in [0.25, 0.3) is 0 Å². The summed E-state index contributed by atoms with van der Waals surface area (Å²) in [4.78, 5) is 2.84. The minimum Gasteiger partial charge on any atom is -0.312 e. The molecule has 2 fully saturated rings. The summed E-state index contributed by atoms with van der Waals surface area (Å²) in [6.07, 6.45) is 8.28. The first-order chi connectivity index (χ1) is 9.65. The van der Waals surface area contributed by atoms with Gasteiger partial charge in [-0.25, -0.2) is 0 Å². The van der Waals surface area contributed by atoms with E-state index in [-0.39, 0.29) is 0 Å². The van der Waals surface area contributed by atoms with Crippen LogP contribution in [0.3, 0.4) is 0 Å². The lowest BCUT2D eigenvalue weighted by molar-refractivity contribution is 0.0759. The molecule has 2 heteroatoms. The van der Waals surface area contributed by atoms with E-state index in [4.69, 9.17) is 0 Å². The Hall–Kier alpha value is -0.0800. The lowest BCUT2D eigenvalue weighted by Crippen LogP contribution is -2.56. The van der Waals surface area contributed by atoms with Crippen LogP contribution in [0.1, 0.15) is 66.2 Å². The third-order valence-corrected chi connectivity index (χ3v) is 5.52. The van der Waals surface area contributed by atoms with E-state index in [1.165, 1.54) is 58.2 Å². The van der Waals surface area contributed by atoms with Gasteiger partial charge in [0.05, 0.1) is 0 Å². The highest BCUT2D eigenvalue weighted by Gasteiger charge is 2.39. The molecule has 0 bridgehead atoms. The summed E-state index contributed by atoms with van der Waals surface area (Å²) < 4.78 is 0. The minimum absolute atomic E-state index is 0.731. The maximum Gasteiger partial charge on any atom is 0.0275 e. The molecule has 20 heavy (non-hydrogen) atoms. The lowest BCUT2D eigenvalue weighted by atomic mass is 9.76. The van der Waals surface area contributed by atoms with E-state index in [1.807, 2.05) is 0 Å². The van der Waals surface area contributed by atoms with E-state index in [0.717, 1.165) is 29.8 Å². The molecule has 1 N–H and O–H groups in total. The van der Waals surface area contributed by atoms with E-state index in [2.05, 4.69) is 37.9 Å². The standard InChI is InChI=1S/C18H36N2/c1-5-7-16-8-10-20(13-16)18-15(4)11-14(3)12-17(18)19-9-6-2/h14-19H,5-13H2,1-4H3. The average molecular weight is 280 g/mol. The Bertz CT molecular complexity index is 279. The van der Waals surface area contributed by atoms with Crippen molar-refractivity contribution in [2.45, 2.75) is 78.3 Å². The normalized spacial score (nSPS) is 39.3. The van der Waals surface area contributed by atoms with Gasteiger partial charge in [0.15, 0.2) is 0 Å². The van der Waals surface area contributed by atoms with Crippen LogP contribution in [0.5, 0.6) is 0 Å². The summed E-state index contributed by atoms with van der Waals surface area (Å²) in [5, 5.41) is 3.86. The molecular weight excluding hydrogens is 244 g/mol. The van der Waals surface area contributed by atoms with Gasteiger partial charge in [-0.05, 0) is 62.9 Å². The SMILES string of the molecule is CCCNC1CC(C)CC(C)C1N1CCC(CCC)C1. The molecule has 0 radical (unpaired) electrons. The van der Waals surface area contributed by atoms with Gasteiger partial charge in [0, 0.05) is 18.6 Å². The smallest absolute Gasteiger partial charge is 0.0275 e. The lowest BCUT2D eigenvalue weighted by Gasteiger charge is -2.45. The fourth-order valence-corrected chi connectivity index (χ4v) is 4.77. The fourth-order valence-electron chi connectivity index (χ4n) is 4.77. The Labute approximate surface area is 126 Å². The highest BCUT2D eigenvalue weighted by atomic mass is 15.2. The second kappa shape index (κ2) is 7.79. The molecule has 2 aliphatic rings. The monoisotopic (exact) mass is 280 g/mol. The zero-order valence-electron chi connectivity index (χ0n) is 14.2. The third-order valence-electron chi connectivity index (χ3n) is 5.52. The van der Waals surface area contributed by atoms with Gasteiger partial charge in [0.1, 0.15) is 0 Å². The predicted molar refractivity (Wildman–Crippen MR) is 88.0 cm³/mol. The highest BCUT2D eigenvalue weighted by Crippen LogP contribution is 2.35. The third kappa shape index (κ3) is 3.98. The van der Waals surface area contributed by atoms with Gasteiger partial charge in [-0.2, -0.15) is 0 Å². The molecule has 1 saturated carbocycles. The topological polar surface area (TPSA) is 15.3 Å². The first kappa shape index (κ1) is 16.3. The number of nitrogens with one attached hydrogen (secondary N) is 1. The molecular formula is C18H36N2. The Morgan fingerprint density at radius 2 is 1.90 bits per heavy atom. The van der Waals surface area contributed by atoms with Crippen molar-refractivity contribution in [2.75, 3.05) is 19.6 Å². The van der Waals surface area contributed by atoms with Crippen LogP contribution in [0, 0.1) is 17.8 Å². The Kier molecular flexibility index (Phi) is 6.35. The Balaban J connectivity index is 1.97. The van der Waals surface area contributed by atoms with Gasteiger partial charge in [-0.1, -0.05) is 34.1 Å². The van der Waals surface area contributed by atoms with Gasteiger partial charge in [0.25, 0.3) is 0 Å². The largest absolute Gasteiger partial charge is 0.312 e. The maximum absolute atomic E-state index is 3.86. The highest BCUT2D eigenvalue weighted by molar-refractivity contribution is 4.96. The van der Waals surface area contributed by atoms with Crippen molar-refractivity contribution in [2.24, 2.45) is 17.8 Å². The quantitative estimate of drug-likeness (QED) is 0.793. The van der Waals surface area contributed by atoms with E-state index in [1.54, 1.807) is 0 Å². The van der Waals surface area contributed by atoms with E-state index in [9.17, 15) is 0 Å². The van der Waals surface area contributed by atoms with Gasteiger partial charge >= 0.3 is 0 Å². The van der Waals surface area contributed by atoms with Crippen LogP contribution in [0.4, 0.5) is 0 Å². The van der Waals surface area contributed by atoms with Crippen molar-refractivity contribution in [3.05, 3.63) is 0 Å². The second-order valence-electron chi connectivity index (χ2n) is 7.54. The molecule has 1 aliphatic heterocycles. The summed E-state index contributed by atoms with van der Waals surface area (Å²) in [5.41, 5.74) is 0. The molecule has 1 saturated heterocycles. The van der Waals surface area contributed by atoms with Crippen molar-refractivity contribution in [1.29, 1.82) is 0 Å². The van der Waals surface area contributed by atoms with Crippen LogP contribution in [-0.4, -0.2) is 36.6 Å². The summed E-state index contributed by atoms with van der Waals surface area (Å²) in [6.45, 7) is 13.4. The molecule has 5 atom stereocenters. The van der Waals surface area contributed by atoms with Crippen molar-refractivity contribution in [3.8, 4) is 0 Å². The molecule has 0 amide bonds. The van der Waals surface area contributed by atoms with E-state index >= 15 is 0 Å². The summed E-state index contributed by atoms with van der Waals surface area (Å²) in [5.74, 6) is 2.72. The molecule has 1 heterocycles. The van der Waals surface area contributed by atoms with E-state index < -0.39 is 0 Å². The van der Waals surface area contributed by atoms with Gasteiger partial charge < -0.3 is 5.32 Å². The van der Waals surface area contributed by atoms with Crippen molar-refractivity contribution in [3.63, 3.8) is 0 Å². The Morgan fingerprint density at radius 3 is 2.60 bits per heavy atom. The zero-order chi connectivity index (χ0) is 14.5. The summed E-state index contributed by atoms with van der Waals surface area (Å²) in [7, 11) is 0. The molecule has 2 nitrogen and oxygen atoms in total. The molecule has 0 aromatic rings. The Morgan fingerprint density at radius 1 is 1.10 bits per heavy atom. The van der Waals surface area contributed by atoms with Crippen LogP contribution in [0.2, 0.25) is 0 Å². The van der Waals surface area contributed by atoms with Crippen molar-refractivity contribution in [1.82, 2.24) is 10.2 Å². The number of nitrogens with zero attached hydrogens (tertiary/aromatic N) is 1. The average Bonchev–Trinajstić information content (AvgIpc) is 2.84.